The van der Waals surface area contributed by atoms with Crippen molar-refractivity contribution >= 4 is 35.2 Å². The van der Waals surface area contributed by atoms with Gasteiger partial charge >= 0.3 is 0 Å². The monoisotopic (exact) mass is 464 g/mol. The molecule has 1 N–H and O–H groups in total. The number of benzene rings is 2. The van der Waals surface area contributed by atoms with E-state index in [0.717, 1.165) is 11.1 Å². The predicted octanol–water partition coefficient (Wildman–Crippen LogP) is 5.35. The van der Waals surface area contributed by atoms with E-state index in [1.54, 1.807) is 24.0 Å². The van der Waals surface area contributed by atoms with Crippen LogP contribution in [-0.2, 0) is 21.9 Å². The fourth-order valence-electron chi connectivity index (χ4n) is 3.06. The highest BCUT2D eigenvalue weighted by atomic mass is 35.5. The van der Waals surface area contributed by atoms with Gasteiger partial charge in [-0.15, -0.1) is 11.8 Å². The Morgan fingerprint density at radius 3 is 2.48 bits per heavy atom. The first-order valence-corrected chi connectivity index (χ1v) is 11.7. The number of nitrogens with one attached hydrogen (secondary N) is 1. The third kappa shape index (κ3) is 7.86. The Morgan fingerprint density at radius 2 is 1.87 bits per heavy atom. The number of carbonyl (C=O) groups excluding carboxylic acids is 2. The van der Waals surface area contributed by atoms with Crippen molar-refractivity contribution in [3.05, 3.63) is 70.0 Å². The van der Waals surface area contributed by atoms with E-state index < -0.39 is 11.6 Å². The van der Waals surface area contributed by atoms with Crippen molar-refractivity contribution in [2.24, 2.45) is 0 Å². The molecule has 4 nitrogen and oxygen atoms in total. The quantitative estimate of drug-likeness (QED) is 0.572. The molecule has 0 aliphatic rings. The van der Waals surface area contributed by atoms with Gasteiger partial charge in [-0.3, -0.25) is 9.59 Å². The molecule has 1 atom stereocenters. The van der Waals surface area contributed by atoms with Crippen LogP contribution in [0.3, 0.4) is 0 Å². The molecule has 31 heavy (non-hydrogen) atoms. The summed E-state index contributed by atoms with van der Waals surface area (Å²) in [6.45, 7) is 9.74. The van der Waals surface area contributed by atoms with Gasteiger partial charge in [-0.05, 0) is 52.3 Å². The zero-order valence-corrected chi connectivity index (χ0v) is 20.2. The molecule has 0 aliphatic heterocycles. The number of amides is 2. The molecule has 2 aromatic rings. The lowest BCUT2D eigenvalue weighted by Crippen LogP contribution is -2.52. The first-order valence-electron chi connectivity index (χ1n) is 10.2. The number of nitrogens with zero attached hydrogens (tertiary/aromatic N) is 1. The molecule has 2 rings (SSSR count). The van der Waals surface area contributed by atoms with E-state index in [2.05, 4.69) is 5.32 Å². The van der Waals surface area contributed by atoms with Crippen LogP contribution in [-0.4, -0.2) is 34.0 Å². The molecule has 0 fully saturated rings. The molecule has 0 unspecified atom stereocenters. The minimum absolute atomic E-state index is 0.115. The van der Waals surface area contributed by atoms with Crippen LogP contribution in [0.15, 0.2) is 42.5 Å². The smallest absolute Gasteiger partial charge is 0.242 e. The molecule has 0 aromatic heterocycles. The maximum Gasteiger partial charge on any atom is 0.242 e. The number of halogens is 2. The molecule has 0 saturated heterocycles. The van der Waals surface area contributed by atoms with Crippen LogP contribution in [0.4, 0.5) is 4.39 Å². The number of carbonyl (C=O) groups is 2. The van der Waals surface area contributed by atoms with Crippen molar-refractivity contribution < 1.29 is 14.0 Å². The molecule has 0 aliphatic carbocycles. The van der Waals surface area contributed by atoms with Gasteiger partial charge in [-0.1, -0.05) is 47.5 Å². The summed E-state index contributed by atoms with van der Waals surface area (Å²) in [4.78, 5) is 27.4. The van der Waals surface area contributed by atoms with E-state index in [4.69, 9.17) is 11.6 Å². The lowest BCUT2D eigenvalue weighted by molar-refractivity contribution is -0.139. The molecule has 168 valence electrons. The Morgan fingerprint density at radius 1 is 1.19 bits per heavy atom. The van der Waals surface area contributed by atoms with Gasteiger partial charge in [0, 0.05) is 28.4 Å². The Kier molecular flexibility index (Phi) is 8.95. The fourth-order valence-corrected chi connectivity index (χ4v) is 4.31. The molecular formula is C24H30ClFN2O2S. The van der Waals surface area contributed by atoms with Crippen LogP contribution in [0.2, 0.25) is 5.02 Å². The summed E-state index contributed by atoms with van der Waals surface area (Å²) in [6, 6.07) is 11.7. The summed E-state index contributed by atoms with van der Waals surface area (Å²) in [5, 5.41) is 3.28. The van der Waals surface area contributed by atoms with Crippen LogP contribution >= 0.6 is 23.4 Å². The first-order chi connectivity index (χ1) is 14.5. The van der Waals surface area contributed by atoms with Crippen molar-refractivity contribution in [2.75, 3.05) is 5.75 Å². The molecule has 2 amide bonds. The topological polar surface area (TPSA) is 49.4 Å². The normalized spacial score (nSPS) is 12.4. The molecule has 0 bridgehead atoms. The minimum atomic E-state index is -0.648. The van der Waals surface area contributed by atoms with E-state index in [-0.39, 0.29) is 29.1 Å². The van der Waals surface area contributed by atoms with Gasteiger partial charge in [0.15, 0.2) is 0 Å². The molecule has 0 saturated carbocycles. The van der Waals surface area contributed by atoms with E-state index in [9.17, 15) is 14.0 Å². The van der Waals surface area contributed by atoms with Crippen LogP contribution in [0.5, 0.6) is 0 Å². The minimum Gasteiger partial charge on any atom is -0.350 e. The van der Waals surface area contributed by atoms with Crippen LogP contribution < -0.4 is 5.32 Å². The third-order valence-corrected chi connectivity index (χ3v) is 5.93. The summed E-state index contributed by atoms with van der Waals surface area (Å²) in [7, 11) is 0. The van der Waals surface area contributed by atoms with Gasteiger partial charge in [0.05, 0.1) is 5.75 Å². The van der Waals surface area contributed by atoms with E-state index in [1.165, 1.54) is 17.8 Å². The lowest BCUT2D eigenvalue weighted by Gasteiger charge is -2.31. The van der Waals surface area contributed by atoms with E-state index >= 15 is 0 Å². The SMILES string of the molecule is Cc1cccc(CN(C(=O)CSCc2c(F)cccc2Cl)[C@H](C)C(=O)NC(C)(C)C)c1. The van der Waals surface area contributed by atoms with E-state index in [1.807, 2.05) is 52.0 Å². The second-order valence-corrected chi connectivity index (χ2v) is 10.0. The molecule has 0 heterocycles. The van der Waals surface area contributed by atoms with Crippen LogP contribution in [0, 0.1) is 12.7 Å². The van der Waals surface area contributed by atoms with Crippen molar-refractivity contribution in [3.63, 3.8) is 0 Å². The number of hydrogen-bond acceptors (Lipinski definition) is 3. The Balaban J connectivity index is 2.14. The lowest BCUT2D eigenvalue weighted by atomic mass is 10.1. The highest BCUT2D eigenvalue weighted by Gasteiger charge is 2.28. The summed E-state index contributed by atoms with van der Waals surface area (Å²) in [5.74, 6) is -0.394. The maximum absolute atomic E-state index is 14.0. The Hall–Kier alpha value is -2.05. The molecule has 2 aromatic carbocycles. The van der Waals surface area contributed by atoms with Gasteiger partial charge in [-0.2, -0.15) is 0 Å². The van der Waals surface area contributed by atoms with Crippen LogP contribution in [0.25, 0.3) is 0 Å². The Labute approximate surface area is 193 Å². The largest absolute Gasteiger partial charge is 0.350 e. The van der Waals surface area contributed by atoms with Crippen molar-refractivity contribution in [1.82, 2.24) is 10.2 Å². The van der Waals surface area contributed by atoms with Gasteiger partial charge in [0.25, 0.3) is 0 Å². The Bertz CT molecular complexity index is 910. The van der Waals surface area contributed by atoms with Crippen molar-refractivity contribution in [3.8, 4) is 0 Å². The molecule has 7 heteroatoms. The van der Waals surface area contributed by atoms with Crippen molar-refractivity contribution in [2.45, 2.75) is 58.5 Å². The number of rotatable bonds is 8. The predicted molar refractivity (Wildman–Crippen MR) is 127 cm³/mol. The average molecular weight is 465 g/mol. The van der Waals surface area contributed by atoms with E-state index in [0.29, 0.717) is 17.1 Å². The zero-order valence-electron chi connectivity index (χ0n) is 18.7. The second-order valence-electron chi connectivity index (χ2n) is 8.62. The summed E-state index contributed by atoms with van der Waals surface area (Å²) in [6.07, 6.45) is 0. The van der Waals surface area contributed by atoms with Crippen molar-refractivity contribution in [1.29, 1.82) is 0 Å². The van der Waals surface area contributed by atoms with Gasteiger partial charge in [0.2, 0.25) is 11.8 Å². The van der Waals surface area contributed by atoms with Gasteiger partial charge < -0.3 is 10.2 Å². The number of aryl methyl sites for hydroxylation is 1. The maximum atomic E-state index is 14.0. The summed E-state index contributed by atoms with van der Waals surface area (Å²) < 4.78 is 14.0. The molecular weight excluding hydrogens is 435 g/mol. The fraction of sp³-hybridized carbons (Fsp3) is 0.417. The highest BCUT2D eigenvalue weighted by Crippen LogP contribution is 2.24. The highest BCUT2D eigenvalue weighted by molar-refractivity contribution is 7.99. The summed E-state index contributed by atoms with van der Waals surface area (Å²) >= 11 is 7.36. The van der Waals surface area contributed by atoms with Gasteiger partial charge in [-0.25, -0.2) is 4.39 Å². The average Bonchev–Trinajstić information content (AvgIpc) is 2.66. The third-order valence-electron chi connectivity index (χ3n) is 4.63. The summed E-state index contributed by atoms with van der Waals surface area (Å²) in [5.41, 5.74) is 2.01. The van der Waals surface area contributed by atoms with Gasteiger partial charge in [0.1, 0.15) is 11.9 Å². The number of thioether (sulfide) groups is 1. The standard InChI is InChI=1S/C24H30ClFN2O2S/c1-16-8-6-9-18(12-16)13-28(17(2)23(30)27-24(3,4)5)22(29)15-31-14-19-20(25)10-7-11-21(19)26/h6-12,17H,13-15H2,1-5H3,(H,27,30)/t17-/m1/s1. The zero-order chi connectivity index (χ0) is 23.2. The second kappa shape index (κ2) is 11.0. The first kappa shape index (κ1) is 25.2. The molecule has 0 radical (unpaired) electrons. The molecule has 0 spiro atoms. The van der Waals surface area contributed by atoms with Crippen LogP contribution in [0.1, 0.15) is 44.4 Å². The number of hydrogen-bond donors (Lipinski definition) is 1.